The Bertz CT molecular complexity index is 838. The van der Waals surface area contributed by atoms with Crippen molar-refractivity contribution < 1.29 is 9.84 Å². The summed E-state index contributed by atoms with van der Waals surface area (Å²) in [5.41, 5.74) is 5.11. The molecule has 0 atom stereocenters. The second-order valence-electron chi connectivity index (χ2n) is 5.16. The predicted molar refractivity (Wildman–Crippen MR) is 93.0 cm³/mol. The summed E-state index contributed by atoms with van der Waals surface area (Å²) < 4.78 is 5.08. The number of rotatable bonds is 5. The van der Waals surface area contributed by atoms with Gasteiger partial charge in [0.05, 0.1) is 19.9 Å². The second-order valence-corrected chi connectivity index (χ2v) is 5.16. The van der Waals surface area contributed by atoms with Crippen molar-refractivity contribution in [3.05, 3.63) is 71.8 Å². The molecule has 2 N–H and O–H groups in total. The van der Waals surface area contributed by atoms with Crippen LogP contribution in [0, 0.1) is 0 Å². The Morgan fingerprint density at radius 3 is 2.78 bits per heavy atom. The molecule has 0 aliphatic carbocycles. The number of hydrogen-bond donors (Lipinski definition) is 2. The molecule has 4 heteroatoms. The number of methoxy groups -OCH3 is 1. The van der Waals surface area contributed by atoms with Gasteiger partial charge in [-0.3, -0.25) is 0 Å². The van der Waals surface area contributed by atoms with Crippen LogP contribution in [0.5, 0.6) is 11.5 Å². The van der Waals surface area contributed by atoms with Gasteiger partial charge in [0.25, 0.3) is 0 Å². The normalized spacial score (nSPS) is 11.0. The minimum Gasteiger partial charge on any atom is -0.504 e. The van der Waals surface area contributed by atoms with E-state index in [0.29, 0.717) is 12.3 Å². The molecular weight excluding hydrogens is 288 g/mol. The van der Waals surface area contributed by atoms with Gasteiger partial charge in [-0.05, 0) is 40.1 Å². The van der Waals surface area contributed by atoms with E-state index in [9.17, 15) is 5.11 Å². The van der Waals surface area contributed by atoms with E-state index < -0.39 is 0 Å². The summed E-state index contributed by atoms with van der Waals surface area (Å²) in [5.74, 6) is 0.552. The smallest absolute Gasteiger partial charge is 0.161 e. The minimum atomic E-state index is 0.119. The fourth-order valence-corrected chi connectivity index (χ4v) is 2.47. The van der Waals surface area contributed by atoms with Gasteiger partial charge in [0.15, 0.2) is 11.5 Å². The standard InChI is InChI=1S/C19H18N2O2/c1-23-19-11-14(9-10-18(19)22)12-20-21-13-16-7-4-6-15-5-2-3-8-17(15)16/h2-12,21-22H,13H2,1H3/b20-12+. The largest absolute Gasteiger partial charge is 0.504 e. The number of fused-ring (bicyclic) bond motifs is 1. The number of nitrogens with one attached hydrogen (secondary N) is 1. The van der Waals surface area contributed by atoms with Crippen LogP contribution < -0.4 is 10.2 Å². The number of ether oxygens (including phenoxy) is 1. The van der Waals surface area contributed by atoms with Crippen molar-refractivity contribution >= 4 is 17.0 Å². The van der Waals surface area contributed by atoms with Gasteiger partial charge in [0, 0.05) is 0 Å². The molecule has 116 valence electrons. The molecule has 0 radical (unpaired) electrons. The quantitative estimate of drug-likeness (QED) is 0.558. The maximum absolute atomic E-state index is 9.57. The van der Waals surface area contributed by atoms with Crippen LogP contribution >= 0.6 is 0 Å². The third-order valence-electron chi connectivity index (χ3n) is 3.66. The summed E-state index contributed by atoms with van der Waals surface area (Å²) in [5, 5.41) is 16.3. The van der Waals surface area contributed by atoms with E-state index in [1.807, 2.05) is 18.2 Å². The van der Waals surface area contributed by atoms with Crippen molar-refractivity contribution in [3.63, 3.8) is 0 Å². The first-order valence-electron chi connectivity index (χ1n) is 7.37. The molecular formula is C19H18N2O2. The van der Waals surface area contributed by atoms with E-state index in [1.165, 1.54) is 23.4 Å². The summed E-state index contributed by atoms with van der Waals surface area (Å²) >= 11 is 0. The van der Waals surface area contributed by atoms with E-state index in [-0.39, 0.29) is 5.75 Å². The molecule has 3 rings (SSSR count). The number of hydrogen-bond acceptors (Lipinski definition) is 4. The van der Waals surface area contributed by atoms with Gasteiger partial charge in [-0.1, -0.05) is 42.5 Å². The number of phenolic OH excluding ortho intramolecular Hbond substituents is 1. The highest BCUT2D eigenvalue weighted by Gasteiger charge is 2.01. The lowest BCUT2D eigenvalue weighted by atomic mass is 10.1. The lowest BCUT2D eigenvalue weighted by Crippen LogP contribution is -2.06. The Kier molecular flexibility index (Phi) is 4.43. The molecule has 0 unspecified atom stereocenters. The average Bonchev–Trinajstić information content (AvgIpc) is 2.60. The Morgan fingerprint density at radius 2 is 1.91 bits per heavy atom. The number of aromatic hydroxyl groups is 1. The molecule has 0 spiro atoms. The molecule has 0 bridgehead atoms. The van der Waals surface area contributed by atoms with E-state index in [1.54, 1.807) is 24.4 Å². The van der Waals surface area contributed by atoms with Crippen LogP contribution in [0.15, 0.2) is 65.8 Å². The first-order valence-corrected chi connectivity index (χ1v) is 7.37. The average molecular weight is 306 g/mol. The van der Waals surface area contributed by atoms with Gasteiger partial charge in [-0.15, -0.1) is 0 Å². The van der Waals surface area contributed by atoms with Crippen molar-refractivity contribution in [2.75, 3.05) is 7.11 Å². The molecule has 0 saturated heterocycles. The third kappa shape index (κ3) is 3.43. The fraction of sp³-hybridized carbons (Fsp3) is 0.105. The predicted octanol–water partition coefficient (Wildman–Crippen LogP) is 3.68. The highest BCUT2D eigenvalue weighted by atomic mass is 16.5. The first-order chi connectivity index (χ1) is 11.3. The summed E-state index contributed by atoms with van der Waals surface area (Å²) in [6.07, 6.45) is 1.70. The van der Waals surface area contributed by atoms with Crippen molar-refractivity contribution in [2.24, 2.45) is 5.10 Å². The molecule has 0 amide bonds. The van der Waals surface area contributed by atoms with Gasteiger partial charge in [-0.25, -0.2) is 0 Å². The van der Waals surface area contributed by atoms with E-state index in [2.05, 4.69) is 34.8 Å². The zero-order valence-corrected chi connectivity index (χ0v) is 12.9. The van der Waals surface area contributed by atoms with Crippen LogP contribution in [0.4, 0.5) is 0 Å². The van der Waals surface area contributed by atoms with E-state index in [0.717, 1.165) is 5.56 Å². The molecule has 0 aliphatic heterocycles. The molecule has 0 aromatic heterocycles. The van der Waals surface area contributed by atoms with Gasteiger partial charge in [0.2, 0.25) is 0 Å². The maximum atomic E-state index is 9.57. The van der Waals surface area contributed by atoms with Crippen LogP contribution in [0.3, 0.4) is 0 Å². The van der Waals surface area contributed by atoms with Crippen LogP contribution in [0.25, 0.3) is 10.8 Å². The number of benzene rings is 3. The molecule has 4 nitrogen and oxygen atoms in total. The summed E-state index contributed by atoms with van der Waals surface area (Å²) in [6.45, 7) is 0.646. The van der Waals surface area contributed by atoms with Crippen molar-refractivity contribution in [2.45, 2.75) is 6.54 Å². The number of nitrogens with zero attached hydrogens (tertiary/aromatic N) is 1. The van der Waals surface area contributed by atoms with Crippen LogP contribution in [-0.4, -0.2) is 18.4 Å². The molecule has 0 saturated carbocycles. The molecule has 23 heavy (non-hydrogen) atoms. The topological polar surface area (TPSA) is 53.8 Å². The van der Waals surface area contributed by atoms with Gasteiger partial charge in [-0.2, -0.15) is 5.10 Å². The Balaban J connectivity index is 1.69. The van der Waals surface area contributed by atoms with Gasteiger partial charge >= 0.3 is 0 Å². The summed E-state index contributed by atoms with van der Waals surface area (Å²) in [4.78, 5) is 0. The van der Waals surface area contributed by atoms with Gasteiger partial charge in [0.1, 0.15) is 0 Å². The number of hydrazone groups is 1. The number of phenols is 1. The van der Waals surface area contributed by atoms with E-state index in [4.69, 9.17) is 4.74 Å². The van der Waals surface area contributed by atoms with E-state index >= 15 is 0 Å². The lowest BCUT2D eigenvalue weighted by Gasteiger charge is -2.06. The lowest BCUT2D eigenvalue weighted by molar-refractivity contribution is 0.373. The monoisotopic (exact) mass is 306 g/mol. The van der Waals surface area contributed by atoms with Crippen molar-refractivity contribution in [1.82, 2.24) is 5.43 Å². The van der Waals surface area contributed by atoms with Crippen LogP contribution in [-0.2, 0) is 6.54 Å². The summed E-state index contributed by atoms with van der Waals surface area (Å²) in [7, 11) is 1.52. The molecule has 3 aromatic rings. The molecule has 0 fully saturated rings. The van der Waals surface area contributed by atoms with Crippen LogP contribution in [0.1, 0.15) is 11.1 Å². The molecule has 0 heterocycles. The van der Waals surface area contributed by atoms with Gasteiger partial charge < -0.3 is 15.3 Å². The maximum Gasteiger partial charge on any atom is 0.161 e. The Labute approximate surface area is 135 Å². The highest BCUT2D eigenvalue weighted by Crippen LogP contribution is 2.25. The Morgan fingerprint density at radius 1 is 1.09 bits per heavy atom. The van der Waals surface area contributed by atoms with Crippen molar-refractivity contribution in [3.8, 4) is 11.5 Å². The Hall–Kier alpha value is -3.01. The zero-order chi connectivity index (χ0) is 16.1. The van der Waals surface area contributed by atoms with Crippen molar-refractivity contribution in [1.29, 1.82) is 0 Å². The highest BCUT2D eigenvalue weighted by molar-refractivity contribution is 5.85. The third-order valence-corrected chi connectivity index (χ3v) is 3.66. The minimum absolute atomic E-state index is 0.119. The SMILES string of the molecule is COc1cc(/C=N/NCc2cccc3ccccc23)ccc1O. The first kappa shape index (κ1) is 14.9. The second kappa shape index (κ2) is 6.83. The molecule has 0 aliphatic rings. The summed E-state index contributed by atoms with van der Waals surface area (Å²) in [6, 6.07) is 19.6. The zero-order valence-electron chi connectivity index (χ0n) is 12.9. The van der Waals surface area contributed by atoms with Crippen LogP contribution in [0.2, 0.25) is 0 Å². The molecule has 3 aromatic carbocycles. The fourth-order valence-electron chi connectivity index (χ4n) is 2.47.